The van der Waals surface area contributed by atoms with Crippen LogP contribution in [0.1, 0.15) is 6.42 Å². The monoisotopic (exact) mass is 291 g/mol. The van der Waals surface area contributed by atoms with Crippen LogP contribution in [-0.2, 0) is 0 Å². The van der Waals surface area contributed by atoms with Crippen LogP contribution in [-0.4, -0.2) is 43.7 Å². The van der Waals surface area contributed by atoms with E-state index in [-0.39, 0.29) is 0 Å². The van der Waals surface area contributed by atoms with E-state index in [0.717, 1.165) is 31.3 Å². The quantitative estimate of drug-likeness (QED) is 0.498. The first kappa shape index (κ1) is 14.5. The number of guanidine groups is 1. The molecule has 0 aromatic carbocycles. The molecule has 5 nitrogen and oxygen atoms in total. The number of hydrogen-bond acceptors (Lipinski definition) is 3. The summed E-state index contributed by atoms with van der Waals surface area (Å²) in [7, 11) is 1.73. The predicted octanol–water partition coefficient (Wildman–Crippen LogP) is 1.11. The minimum Gasteiger partial charge on any atom is -0.353 e. The standard InChI is InChI=1S/C14H18ClN5/c1-3-7-18-14(16-2)19-11-6-9-20(10-11)13-12(15)5-4-8-17-13/h1,4-5,8,11H,6-7,9-10H2,2H3,(H2,16,18,19). The molecule has 2 heterocycles. The molecule has 0 spiro atoms. The SMILES string of the molecule is C#CCNC(=NC)NC1CCN(c2ncccc2Cl)C1. The van der Waals surface area contributed by atoms with Crippen molar-refractivity contribution in [2.75, 3.05) is 31.6 Å². The van der Waals surface area contributed by atoms with Crippen LogP contribution in [0.15, 0.2) is 23.3 Å². The molecule has 2 rings (SSSR count). The van der Waals surface area contributed by atoms with Crippen LogP contribution in [0.5, 0.6) is 0 Å². The summed E-state index contributed by atoms with van der Waals surface area (Å²) < 4.78 is 0. The number of rotatable bonds is 3. The molecule has 0 saturated carbocycles. The van der Waals surface area contributed by atoms with Crippen molar-refractivity contribution in [3.63, 3.8) is 0 Å². The van der Waals surface area contributed by atoms with Gasteiger partial charge in [-0.05, 0) is 18.6 Å². The van der Waals surface area contributed by atoms with E-state index in [2.05, 4.69) is 31.4 Å². The Labute approximate surface area is 124 Å². The van der Waals surface area contributed by atoms with Gasteiger partial charge in [0.2, 0.25) is 0 Å². The summed E-state index contributed by atoms with van der Waals surface area (Å²) in [6.07, 6.45) is 7.99. The van der Waals surface area contributed by atoms with E-state index in [1.165, 1.54) is 0 Å². The highest BCUT2D eigenvalue weighted by Gasteiger charge is 2.25. The number of nitrogens with one attached hydrogen (secondary N) is 2. The van der Waals surface area contributed by atoms with E-state index in [4.69, 9.17) is 18.0 Å². The number of halogens is 1. The molecule has 0 bridgehead atoms. The molecular formula is C14H18ClN5. The number of aliphatic imine (C=N–C) groups is 1. The normalized spacial score (nSPS) is 18.8. The van der Waals surface area contributed by atoms with Crippen molar-refractivity contribution in [1.29, 1.82) is 0 Å². The van der Waals surface area contributed by atoms with Gasteiger partial charge < -0.3 is 15.5 Å². The first-order chi connectivity index (χ1) is 9.74. The lowest BCUT2D eigenvalue weighted by Crippen LogP contribution is -2.44. The van der Waals surface area contributed by atoms with Gasteiger partial charge in [-0.15, -0.1) is 6.42 Å². The molecule has 0 aliphatic carbocycles. The minimum atomic E-state index is 0.303. The van der Waals surface area contributed by atoms with Crippen molar-refractivity contribution in [3.05, 3.63) is 23.4 Å². The molecule has 1 fully saturated rings. The van der Waals surface area contributed by atoms with E-state index in [1.807, 2.05) is 12.1 Å². The molecular weight excluding hydrogens is 274 g/mol. The van der Waals surface area contributed by atoms with E-state index in [9.17, 15) is 0 Å². The van der Waals surface area contributed by atoms with E-state index in [0.29, 0.717) is 17.6 Å². The smallest absolute Gasteiger partial charge is 0.192 e. The van der Waals surface area contributed by atoms with Crippen LogP contribution in [0.4, 0.5) is 5.82 Å². The van der Waals surface area contributed by atoms with Gasteiger partial charge in [0.15, 0.2) is 5.96 Å². The number of anilines is 1. The van der Waals surface area contributed by atoms with E-state index in [1.54, 1.807) is 13.2 Å². The fraction of sp³-hybridized carbons (Fsp3) is 0.429. The minimum absolute atomic E-state index is 0.303. The topological polar surface area (TPSA) is 52.6 Å². The zero-order chi connectivity index (χ0) is 14.4. The number of pyridine rings is 1. The Morgan fingerprint density at radius 1 is 1.70 bits per heavy atom. The highest BCUT2D eigenvalue weighted by atomic mass is 35.5. The van der Waals surface area contributed by atoms with Crippen molar-refractivity contribution in [3.8, 4) is 12.3 Å². The van der Waals surface area contributed by atoms with E-state index < -0.39 is 0 Å². The van der Waals surface area contributed by atoms with Gasteiger partial charge in [-0.1, -0.05) is 17.5 Å². The zero-order valence-corrected chi connectivity index (χ0v) is 12.2. The summed E-state index contributed by atoms with van der Waals surface area (Å²) in [5.74, 6) is 4.09. The Kier molecular flexibility index (Phi) is 5.08. The maximum Gasteiger partial charge on any atom is 0.192 e. The van der Waals surface area contributed by atoms with Crippen LogP contribution < -0.4 is 15.5 Å². The van der Waals surface area contributed by atoms with E-state index >= 15 is 0 Å². The highest BCUT2D eigenvalue weighted by Crippen LogP contribution is 2.25. The second kappa shape index (κ2) is 7.01. The van der Waals surface area contributed by atoms with Crippen molar-refractivity contribution in [2.45, 2.75) is 12.5 Å². The van der Waals surface area contributed by atoms with Crippen molar-refractivity contribution >= 4 is 23.4 Å². The molecule has 1 aliphatic rings. The van der Waals surface area contributed by atoms with Gasteiger partial charge in [-0.3, -0.25) is 4.99 Å². The highest BCUT2D eigenvalue weighted by molar-refractivity contribution is 6.32. The molecule has 20 heavy (non-hydrogen) atoms. The van der Waals surface area contributed by atoms with Gasteiger partial charge in [0.1, 0.15) is 5.82 Å². The fourth-order valence-corrected chi connectivity index (χ4v) is 2.44. The summed E-state index contributed by atoms with van der Waals surface area (Å²) in [6, 6.07) is 4.00. The Balaban J connectivity index is 1.93. The molecule has 1 aromatic heterocycles. The van der Waals surface area contributed by atoms with Gasteiger partial charge in [0.25, 0.3) is 0 Å². The second-order valence-corrected chi connectivity index (χ2v) is 4.92. The lowest BCUT2D eigenvalue weighted by atomic mass is 10.3. The Morgan fingerprint density at radius 3 is 3.25 bits per heavy atom. The van der Waals surface area contributed by atoms with Crippen LogP contribution in [0.2, 0.25) is 5.02 Å². The molecule has 6 heteroatoms. The predicted molar refractivity (Wildman–Crippen MR) is 83.2 cm³/mol. The number of hydrogen-bond donors (Lipinski definition) is 2. The Hall–Kier alpha value is -1.93. The average molecular weight is 292 g/mol. The molecule has 1 aliphatic heterocycles. The average Bonchev–Trinajstić information content (AvgIpc) is 2.92. The molecule has 1 saturated heterocycles. The van der Waals surface area contributed by atoms with Crippen molar-refractivity contribution in [1.82, 2.24) is 15.6 Å². The first-order valence-corrected chi connectivity index (χ1v) is 6.88. The van der Waals surface area contributed by atoms with Gasteiger partial charge in [-0.2, -0.15) is 0 Å². The van der Waals surface area contributed by atoms with Gasteiger partial charge in [0, 0.05) is 32.4 Å². The maximum absolute atomic E-state index is 6.17. The fourth-order valence-electron chi connectivity index (χ4n) is 2.20. The largest absolute Gasteiger partial charge is 0.353 e. The third-order valence-electron chi connectivity index (χ3n) is 3.15. The van der Waals surface area contributed by atoms with Crippen LogP contribution in [0.3, 0.4) is 0 Å². The van der Waals surface area contributed by atoms with Crippen molar-refractivity contribution < 1.29 is 0 Å². The molecule has 1 atom stereocenters. The summed E-state index contributed by atoms with van der Waals surface area (Å²) in [4.78, 5) is 10.7. The summed E-state index contributed by atoms with van der Waals surface area (Å²) in [5.41, 5.74) is 0. The van der Waals surface area contributed by atoms with Gasteiger partial charge in [0.05, 0.1) is 11.6 Å². The number of nitrogens with zero attached hydrogens (tertiary/aromatic N) is 3. The molecule has 106 valence electrons. The van der Waals surface area contributed by atoms with Crippen LogP contribution >= 0.6 is 11.6 Å². The summed E-state index contributed by atoms with van der Waals surface area (Å²) >= 11 is 6.17. The zero-order valence-electron chi connectivity index (χ0n) is 11.4. The molecule has 2 N–H and O–H groups in total. The number of aromatic nitrogens is 1. The first-order valence-electron chi connectivity index (χ1n) is 6.50. The number of terminal acetylenes is 1. The molecule has 0 amide bonds. The third-order valence-corrected chi connectivity index (χ3v) is 3.44. The molecule has 1 unspecified atom stereocenters. The third kappa shape index (κ3) is 3.55. The van der Waals surface area contributed by atoms with Gasteiger partial charge >= 0.3 is 0 Å². The molecule has 0 radical (unpaired) electrons. The van der Waals surface area contributed by atoms with Gasteiger partial charge in [-0.25, -0.2) is 4.98 Å². The van der Waals surface area contributed by atoms with Crippen molar-refractivity contribution in [2.24, 2.45) is 4.99 Å². The summed E-state index contributed by atoms with van der Waals surface area (Å²) in [6.45, 7) is 2.22. The second-order valence-electron chi connectivity index (χ2n) is 4.51. The van der Waals surface area contributed by atoms with Crippen LogP contribution in [0, 0.1) is 12.3 Å². The Morgan fingerprint density at radius 2 is 2.55 bits per heavy atom. The summed E-state index contributed by atoms with van der Waals surface area (Å²) in [5, 5.41) is 7.09. The lowest BCUT2D eigenvalue weighted by molar-refractivity contribution is 0.654. The maximum atomic E-state index is 6.17. The lowest BCUT2D eigenvalue weighted by Gasteiger charge is -2.20. The molecule has 1 aromatic rings. The Bertz CT molecular complexity index is 523. The van der Waals surface area contributed by atoms with Crippen LogP contribution in [0.25, 0.3) is 0 Å².